The maximum absolute atomic E-state index is 9.91. The molecule has 0 atom stereocenters. The maximum Gasteiger partial charge on any atom is 0.134 e. The highest BCUT2D eigenvalue weighted by atomic mass is 79.9. The van der Waals surface area contributed by atoms with Gasteiger partial charge in [0.25, 0.3) is 0 Å². The quantitative estimate of drug-likeness (QED) is 0.231. The molecule has 4 nitrogen and oxygen atoms in total. The highest BCUT2D eigenvalue weighted by Gasteiger charge is 2.24. The third kappa shape index (κ3) is 5.71. The molecule has 1 aliphatic rings. The molecule has 174 valence electrons. The van der Waals surface area contributed by atoms with E-state index < -0.39 is 0 Å². The third-order valence-corrected chi connectivity index (χ3v) is 7.63. The van der Waals surface area contributed by atoms with Crippen LogP contribution >= 0.6 is 27.3 Å². The van der Waals surface area contributed by atoms with Gasteiger partial charge in [-0.3, -0.25) is 4.90 Å². The SMILES string of the molecule is N#Cc1c(N=Cc2cc(Br)ccc2OCc2ccccc2)sc2c1CCN(Cc1ccccc1)C2. The summed E-state index contributed by atoms with van der Waals surface area (Å²) in [4.78, 5) is 8.45. The summed E-state index contributed by atoms with van der Waals surface area (Å²) in [5, 5.41) is 10.7. The molecule has 0 unspecified atom stereocenters. The highest BCUT2D eigenvalue weighted by Crippen LogP contribution is 2.39. The van der Waals surface area contributed by atoms with Crippen LogP contribution in [0.5, 0.6) is 5.75 Å². The van der Waals surface area contributed by atoms with Crippen molar-refractivity contribution in [2.45, 2.75) is 26.1 Å². The number of hydrogen-bond acceptors (Lipinski definition) is 5. The van der Waals surface area contributed by atoms with Crippen molar-refractivity contribution in [2.24, 2.45) is 4.99 Å². The lowest BCUT2D eigenvalue weighted by Gasteiger charge is -2.26. The van der Waals surface area contributed by atoms with Crippen molar-refractivity contribution in [3.63, 3.8) is 0 Å². The van der Waals surface area contributed by atoms with Gasteiger partial charge in [0.2, 0.25) is 0 Å². The van der Waals surface area contributed by atoms with Crippen LogP contribution in [0, 0.1) is 11.3 Å². The molecule has 6 heteroatoms. The molecule has 0 radical (unpaired) electrons. The number of nitrogens with zero attached hydrogens (tertiary/aromatic N) is 3. The summed E-state index contributed by atoms with van der Waals surface area (Å²) in [5.41, 5.74) is 5.15. The second-order valence-corrected chi connectivity index (χ2v) is 10.5. The summed E-state index contributed by atoms with van der Waals surface area (Å²) in [5.74, 6) is 0.759. The first kappa shape index (κ1) is 23.5. The van der Waals surface area contributed by atoms with Gasteiger partial charge in [-0.05, 0) is 41.3 Å². The average Bonchev–Trinajstić information content (AvgIpc) is 3.24. The van der Waals surface area contributed by atoms with Gasteiger partial charge < -0.3 is 4.74 Å². The van der Waals surface area contributed by atoms with Gasteiger partial charge in [0.05, 0.1) is 5.56 Å². The molecule has 0 saturated heterocycles. The zero-order valence-electron chi connectivity index (χ0n) is 19.2. The van der Waals surface area contributed by atoms with Crippen LogP contribution in [0.3, 0.4) is 0 Å². The van der Waals surface area contributed by atoms with Crippen LogP contribution in [-0.4, -0.2) is 17.7 Å². The monoisotopic (exact) mass is 541 g/mol. The van der Waals surface area contributed by atoms with Gasteiger partial charge >= 0.3 is 0 Å². The molecule has 0 bridgehead atoms. The maximum atomic E-state index is 9.91. The van der Waals surface area contributed by atoms with Crippen molar-refractivity contribution in [2.75, 3.05) is 6.54 Å². The number of rotatable bonds is 7. The van der Waals surface area contributed by atoms with Crippen LogP contribution in [0.4, 0.5) is 5.00 Å². The number of fused-ring (bicyclic) bond motifs is 1. The van der Waals surface area contributed by atoms with E-state index in [1.807, 2.05) is 60.8 Å². The first-order valence-electron chi connectivity index (χ1n) is 11.5. The molecule has 35 heavy (non-hydrogen) atoms. The third-order valence-electron chi connectivity index (χ3n) is 6.01. The number of ether oxygens (including phenoxy) is 1. The summed E-state index contributed by atoms with van der Waals surface area (Å²) >= 11 is 5.18. The molecule has 2 heterocycles. The van der Waals surface area contributed by atoms with E-state index in [1.54, 1.807) is 11.3 Å². The van der Waals surface area contributed by atoms with Crippen molar-refractivity contribution in [3.8, 4) is 11.8 Å². The lowest BCUT2D eigenvalue weighted by atomic mass is 10.0. The van der Waals surface area contributed by atoms with Gasteiger partial charge in [0, 0.05) is 40.8 Å². The lowest BCUT2D eigenvalue weighted by molar-refractivity contribution is 0.249. The number of benzene rings is 3. The summed E-state index contributed by atoms with van der Waals surface area (Å²) in [6, 6.07) is 28.9. The van der Waals surface area contributed by atoms with E-state index in [0.29, 0.717) is 12.2 Å². The largest absolute Gasteiger partial charge is 0.488 e. The Bertz CT molecular complexity index is 1380. The molecule has 0 amide bonds. The topological polar surface area (TPSA) is 48.6 Å². The van der Waals surface area contributed by atoms with Crippen molar-refractivity contribution in [1.82, 2.24) is 4.90 Å². The molecule has 0 aliphatic carbocycles. The van der Waals surface area contributed by atoms with Crippen LogP contribution in [0.1, 0.15) is 32.7 Å². The Labute approximate surface area is 218 Å². The Hall–Kier alpha value is -3.24. The van der Waals surface area contributed by atoms with Crippen molar-refractivity contribution < 1.29 is 4.74 Å². The van der Waals surface area contributed by atoms with E-state index in [1.165, 1.54) is 10.4 Å². The first-order valence-corrected chi connectivity index (χ1v) is 13.1. The van der Waals surface area contributed by atoms with Gasteiger partial charge in [0.15, 0.2) is 0 Å². The van der Waals surface area contributed by atoms with E-state index >= 15 is 0 Å². The van der Waals surface area contributed by atoms with E-state index in [4.69, 9.17) is 9.73 Å². The fraction of sp³-hybridized carbons (Fsp3) is 0.172. The lowest BCUT2D eigenvalue weighted by Crippen LogP contribution is -2.29. The second kappa shape index (κ2) is 11.0. The van der Waals surface area contributed by atoms with Gasteiger partial charge in [-0.15, -0.1) is 11.3 Å². The summed E-state index contributed by atoms with van der Waals surface area (Å²) in [6.07, 6.45) is 2.68. The molecule has 1 aliphatic heterocycles. The molecule has 1 aromatic heterocycles. The number of thiophene rings is 1. The highest BCUT2D eigenvalue weighted by molar-refractivity contribution is 9.10. The minimum Gasteiger partial charge on any atom is -0.488 e. The zero-order chi connectivity index (χ0) is 24.0. The minimum atomic E-state index is 0.483. The van der Waals surface area contributed by atoms with Crippen LogP contribution < -0.4 is 4.74 Å². The zero-order valence-corrected chi connectivity index (χ0v) is 21.6. The van der Waals surface area contributed by atoms with Crippen molar-refractivity contribution in [1.29, 1.82) is 5.26 Å². The molecule has 0 fully saturated rings. The van der Waals surface area contributed by atoms with Crippen LogP contribution in [-0.2, 0) is 26.1 Å². The van der Waals surface area contributed by atoms with Gasteiger partial charge in [-0.2, -0.15) is 5.26 Å². The predicted octanol–water partition coefficient (Wildman–Crippen LogP) is 7.27. The predicted molar refractivity (Wildman–Crippen MR) is 145 cm³/mol. The van der Waals surface area contributed by atoms with Crippen molar-refractivity contribution in [3.05, 3.63) is 116 Å². The summed E-state index contributed by atoms with van der Waals surface area (Å²) < 4.78 is 7.05. The average molecular weight is 543 g/mol. The van der Waals surface area contributed by atoms with Gasteiger partial charge in [-0.25, -0.2) is 4.99 Å². The molecule has 0 spiro atoms. The van der Waals surface area contributed by atoms with Gasteiger partial charge in [0.1, 0.15) is 23.4 Å². The smallest absolute Gasteiger partial charge is 0.134 e. The Morgan fingerprint density at radius 3 is 2.51 bits per heavy atom. The Morgan fingerprint density at radius 1 is 1.03 bits per heavy atom. The molecule has 3 aromatic carbocycles. The molecule has 5 rings (SSSR count). The number of aliphatic imine (C=N–C) groups is 1. The normalized spacial score (nSPS) is 13.5. The fourth-order valence-electron chi connectivity index (χ4n) is 4.24. The standard InChI is InChI=1S/C29H24BrN3OS/c30-24-11-12-27(34-20-22-9-5-2-6-10-22)23(15-24)17-32-29-26(16-31)25-13-14-33(19-28(25)35-29)18-21-7-3-1-4-8-21/h1-12,15,17H,13-14,18-20H2. The van der Waals surface area contributed by atoms with E-state index in [9.17, 15) is 5.26 Å². The second-order valence-electron chi connectivity index (χ2n) is 8.46. The van der Waals surface area contributed by atoms with E-state index in [2.05, 4.69) is 51.2 Å². The number of halogens is 1. The van der Waals surface area contributed by atoms with Crippen LogP contribution in [0.15, 0.2) is 88.3 Å². The molecule has 0 N–H and O–H groups in total. The van der Waals surface area contributed by atoms with Crippen LogP contribution in [0.2, 0.25) is 0 Å². The molecule has 0 saturated carbocycles. The minimum absolute atomic E-state index is 0.483. The fourth-order valence-corrected chi connectivity index (χ4v) is 5.80. The van der Waals surface area contributed by atoms with E-state index in [0.717, 1.165) is 58.0 Å². The molecular formula is C29H24BrN3OS. The van der Waals surface area contributed by atoms with Crippen molar-refractivity contribution >= 4 is 38.5 Å². The summed E-state index contributed by atoms with van der Waals surface area (Å²) in [7, 11) is 0. The Kier molecular flexibility index (Phi) is 7.39. The first-order chi connectivity index (χ1) is 17.2. The van der Waals surface area contributed by atoms with Crippen LogP contribution in [0.25, 0.3) is 0 Å². The number of hydrogen-bond donors (Lipinski definition) is 0. The Morgan fingerprint density at radius 2 is 1.77 bits per heavy atom. The molecular weight excluding hydrogens is 518 g/mol. The Balaban J connectivity index is 1.35. The number of nitriles is 1. The molecule has 4 aromatic rings. The van der Waals surface area contributed by atoms with E-state index in [-0.39, 0.29) is 0 Å². The summed E-state index contributed by atoms with van der Waals surface area (Å²) in [6.45, 7) is 3.19. The van der Waals surface area contributed by atoms with Gasteiger partial charge in [-0.1, -0.05) is 76.6 Å².